The Labute approximate surface area is 114 Å². The van der Waals surface area contributed by atoms with E-state index in [9.17, 15) is 0 Å². The van der Waals surface area contributed by atoms with Crippen LogP contribution in [-0.4, -0.2) is 18.3 Å². The first-order valence-corrected chi connectivity index (χ1v) is 7.02. The largest absolute Gasteiger partial charge is 0.497 e. The Kier molecular flexibility index (Phi) is 3.22. The second-order valence-electron chi connectivity index (χ2n) is 4.87. The summed E-state index contributed by atoms with van der Waals surface area (Å²) >= 11 is 11.0. The lowest BCUT2D eigenvalue weighted by Gasteiger charge is -2.32. The lowest BCUT2D eigenvalue weighted by molar-refractivity contribution is 0.00578. The molecule has 0 bridgehead atoms. The van der Waals surface area contributed by atoms with Crippen LogP contribution in [-0.2, 0) is 9.31 Å². The quantitative estimate of drug-likeness (QED) is 0.737. The van der Waals surface area contributed by atoms with E-state index in [1.165, 1.54) is 11.3 Å². The second kappa shape index (κ2) is 3.99. The van der Waals surface area contributed by atoms with E-state index in [0.29, 0.717) is 4.34 Å². The van der Waals surface area contributed by atoms with Crippen molar-refractivity contribution in [3.63, 3.8) is 0 Å². The van der Waals surface area contributed by atoms with Crippen molar-refractivity contribution in [3.8, 4) is 0 Å². The molecule has 2 nitrogen and oxygen atoms in total. The third-order valence-electron chi connectivity index (χ3n) is 3.19. The summed E-state index contributed by atoms with van der Waals surface area (Å²) in [7, 11) is -0.375. The molecule has 0 N–H and O–H groups in total. The molecule has 0 unspecified atom stereocenters. The van der Waals surface area contributed by atoms with Gasteiger partial charge in [0.2, 0.25) is 0 Å². The smallest absolute Gasteiger partial charge is 0.399 e. The molecule has 88 valence electrons. The van der Waals surface area contributed by atoms with Crippen LogP contribution in [0.1, 0.15) is 27.7 Å². The highest BCUT2D eigenvalue weighted by atomic mass is 79.9. The average molecular weight is 323 g/mol. The molecule has 1 aliphatic heterocycles. The zero-order valence-electron chi connectivity index (χ0n) is 9.64. The Bertz CT molecular complexity index is 403. The summed E-state index contributed by atoms with van der Waals surface area (Å²) < 4.78 is 13.5. The number of hydrogen-bond acceptors (Lipinski definition) is 3. The van der Waals surface area contributed by atoms with Crippen molar-refractivity contribution in [2.24, 2.45) is 0 Å². The van der Waals surface area contributed by atoms with Gasteiger partial charge in [0.1, 0.15) is 0 Å². The normalized spacial score (nSPS) is 22.8. The van der Waals surface area contributed by atoms with E-state index in [-0.39, 0.29) is 18.3 Å². The summed E-state index contributed by atoms with van der Waals surface area (Å²) in [6.45, 7) is 8.12. The number of thiophene rings is 1. The highest BCUT2D eigenvalue weighted by Gasteiger charge is 2.52. The Balaban J connectivity index is 2.30. The van der Waals surface area contributed by atoms with Crippen LogP contribution in [0, 0.1) is 0 Å². The molecule has 0 atom stereocenters. The van der Waals surface area contributed by atoms with Crippen LogP contribution in [0.4, 0.5) is 0 Å². The molecule has 1 saturated heterocycles. The van der Waals surface area contributed by atoms with Crippen LogP contribution < -0.4 is 5.46 Å². The fourth-order valence-corrected chi connectivity index (χ4v) is 3.52. The van der Waals surface area contributed by atoms with Gasteiger partial charge in [-0.25, -0.2) is 0 Å². The standard InChI is InChI=1S/C10H13BBrClO2S/c1-9(2)10(3,4)15-11(14-9)6-5-7(12)16-8(6)13/h5H,1-4H3. The maximum absolute atomic E-state index is 6.14. The maximum atomic E-state index is 6.14. The lowest BCUT2D eigenvalue weighted by Crippen LogP contribution is -2.41. The Morgan fingerprint density at radius 3 is 2.12 bits per heavy atom. The van der Waals surface area contributed by atoms with E-state index in [2.05, 4.69) is 15.9 Å². The predicted molar refractivity (Wildman–Crippen MR) is 72.7 cm³/mol. The number of hydrogen-bond donors (Lipinski definition) is 0. The van der Waals surface area contributed by atoms with Gasteiger partial charge in [0.05, 0.1) is 19.3 Å². The number of halogens is 2. The minimum Gasteiger partial charge on any atom is -0.399 e. The highest BCUT2D eigenvalue weighted by Crippen LogP contribution is 2.38. The average Bonchev–Trinajstić information content (AvgIpc) is 2.51. The van der Waals surface area contributed by atoms with Crippen molar-refractivity contribution < 1.29 is 9.31 Å². The first-order chi connectivity index (χ1) is 7.23. The minimum atomic E-state index is -0.375. The molecule has 1 aromatic heterocycles. The molecule has 2 heterocycles. The highest BCUT2D eigenvalue weighted by molar-refractivity contribution is 9.11. The van der Waals surface area contributed by atoms with Crippen LogP contribution >= 0.6 is 38.9 Å². The van der Waals surface area contributed by atoms with Crippen molar-refractivity contribution in [2.45, 2.75) is 38.9 Å². The molecule has 0 amide bonds. The molecule has 1 aromatic rings. The molecule has 2 rings (SSSR count). The van der Waals surface area contributed by atoms with Gasteiger partial charge >= 0.3 is 7.12 Å². The SMILES string of the molecule is CC1(C)OB(c2cc(Br)sc2Cl)OC1(C)C. The van der Waals surface area contributed by atoms with Gasteiger partial charge in [0.15, 0.2) is 0 Å². The Hall–Kier alpha value is 0.455. The van der Waals surface area contributed by atoms with Crippen LogP contribution in [0.15, 0.2) is 9.85 Å². The zero-order valence-corrected chi connectivity index (χ0v) is 12.8. The van der Waals surface area contributed by atoms with E-state index < -0.39 is 0 Å². The summed E-state index contributed by atoms with van der Waals surface area (Å²) in [6.07, 6.45) is 0. The van der Waals surface area contributed by atoms with E-state index in [1.807, 2.05) is 33.8 Å². The predicted octanol–water partition coefficient (Wildman–Crippen LogP) is 3.46. The molecule has 1 aliphatic rings. The fourth-order valence-electron chi connectivity index (χ4n) is 1.48. The first-order valence-electron chi connectivity index (χ1n) is 5.03. The van der Waals surface area contributed by atoms with Crippen LogP contribution in [0.5, 0.6) is 0 Å². The summed E-state index contributed by atoms with van der Waals surface area (Å²) in [5, 5.41) is 0. The van der Waals surface area contributed by atoms with E-state index in [4.69, 9.17) is 20.9 Å². The third-order valence-corrected chi connectivity index (χ3v) is 5.08. The van der Waals surface area contributed by atoms with Gasteiger partial charge in [0, 0.05) is 5.46 Å². The van der Waals surface area contributed by atoms with Crippen molar-refractivity contribution in [3.05, 3.63) is 14.2 Å². The maximum Gasteiger partial charge on any atom is 0.497 e. The molecule has 0 radical (unpaired) electrons. The van der Waals surface area contributed by atoms with Gasteiger partial charge in [-0.3, -0.25) is 0 Å². The van der Waals surface area contributed by atoms with Crippen molar-refractivity contribution in [1.82, 2.24) is 0 Å². The fraction of sp³-hybridized carbons (Fsp3) is 0.600. The Morgan fingerprint density at radius 2 is 1.75 bits per heavy atom. The Morgan fingerprint density at radius 1 is 1.25 bits per heavy atom. The molecule has 6 heteroatoms. The molecule has 1 fully saturated rings. The molecular weight excluding hydrogens is 310 g/mol. The van der Waals surface area contributed by atoms with Crippen molar-refractivity contribution >= 4 is 51.4 Å². The van der Waals surface area contributed by atoms with E-state index >= 15 is 0 Å². The zero-order chi connectivity index (χ0) is 12.1. The monoisotopic (exact) mass is 322 g/mol. The minimum absolute atomic E-state index is 0.324. The topological polar surface area (TPSA) is 18.5 Å². The molecule has 16 heavy (non-hydrogen) atoms. The van der Waals surface area contributed by atoms with Gasteiger partial charge in [-0.2, -0.15) is 0 Å². The van der Waals surface area contributed by atoms with Crippen LogP contribution in [0.2, 0.25) is 4.34 Å². The summed E-state index contributed by atoms with van der Waals surface area (Å²) in [4.78, 5) is 0. The summed E-state index contributed by atoms with van der Waals surface area (Å²) in [5.41, 5.74) is 0.252. The summed E-state index contributed by atoms with van der Waals surface area (Å²) in [5.74, 6) is 0. The molecule has 0 aliphatic carbocycles. The molecule has 0 spiro atoms. The lowest BCUT2D eigenvalue weighted by atomic mass is 9.81. The van der Waals surface area contributed by atoms with E-state index in [1.54, 1.807) is 0 Å². The van der Waals surface area contributed by atoms with E-state index in [0.717, 1.165) is 9.25 Å². The van der Waals surface area contributed by atoms with Gasteiger partial charge in [-0.15, -0.1) is 11.3 Å². The van der Waals surface area contributed by atoms with Crippen LogP contribution in [0.25, 0.3) is 0 Å². The van der Waals surface area contributed by atoms with Gasteiger partial charge in [0.25, 0.3) is 0 Å². The first kappa shape index (κ1) is 12.9. The number of rotatable bonds is 1. The third kappa shape index (κ3) is 2.08. The summed E-state index contributed by atoms with van der Waals surface area (Å²) in [6, 6.07) is 1.95. The van der Waals surface area contributed by atoms with Crippen LogP contribution in [0.3, 0.4) is 0 Å². The van der Waals surface area contributed by atoms with Crippen molar-refractivity contribution in [1.29, 1.82) is 0 Å². The second-order valence-corrected chi connectivity index (χ2v) is 7.90. The molecular formula is C10H13BBrClO2S. The molecule has 0 saturated carbocycles. The van der Waals surface area contributed by atoms with Gasteiger partial charge in [-0.05, 0) is 49.7 Å². The van der Waals surface area contributed by atoms with Gasteiger partial charge < -0.3 is 9.31 Å². The van der Waals surface area contributed by atoms with Gasteiger partial charge in [-0.1, -0.05) is 11.6 Å². The van der Waals surface area contributed by atoms with Crippen molar-refractivity contribution in [2.75, 3.05) is 0 Å². The molecule has 0 aromatic carbocycles.